The van der Waals surface area contributed by atoms with Crippen LogP contribution in [-0.4, -0.2) is 55.9 Å². The number of ketones is 1. The lowest BCUT2D eigenvalue weighted by Crippen LogP contribution is -2.52. The lowest BCUT2D eigenvalue weighted by atomic mass is 9.78. The van der Waals surface area contributed by atoms with Crippen LogP contribution in [0.2, 0.25) is 0 Å². The zero-order valence-electron chi connectivity index (χ0n) is 23.6. The topological polar surface area (TPSA) is 187 Å². The molecule has 14 nitrogen and oxygen atoms in total. The van der Waals surface area contributed by atoms with Crippen LogP contribution < -0.4 is 4.74 Å². The van der Waals surface area contributed by atoms with Crippen molar-refractivity contribution in [3.05, 3.63) is 122 Å². The molecule has 3 aromatic rings. The number of allylic oxidation sites excluding steroid dienone is 2. The molecule has 1 fully saturated rings. The zero-order chi connectivity index (χ0) is 32.4. The number of amides is 3. The first-order valence-electron chi connectivity index (χ1n) is 13.7. The van der Waals surface area contributed by atoms with Gasteiger partial charge in [-0.2, -0.15) is 5.01 Å². The van der Waals surface area contributed by atoms with Crippen LogP contribution in [-0.2, 0) is 9.59 Å². The number of imide groups is 1. The fourth-order valence-corrected chi connectivity index (χ4v) is 5.30. The van der Waals surface area contributed by atoms with Crippen molar-refractivity contribution in [1.82, 2.24) is 10.0 Å². The second-order valence-corrected chi connectivity index (χ2v) is 10.5. The minimum atomic E-state index is -0.882. The molecule has 0 saturated carbocycles. The van der Waals surface area contributed by atoms with Crippen molar-refractivity contribution in [2.75, 3.05) is 6.54 Å². The standard InChI is InChI=1S/C31H24N4O10/c1-18-3-2-4-25-27(18)30(39)33(29(25)38)32(28(37)20-5-11-22(12-6-20)34(41)42)17-26(36)19-9-15-24(16-10-19)45-31(40)21-7-13-23(14-8-21)35(43)44/h2-3,5-16,18,25,27H,4,17H2,1H3/t18-,25-,27-/m1/s1. The quantitative estimate of drug-likeness (QED) is 0.0646. The number of rotatable bonds is 9. The predicted molar refractivity (Wildman–Crippen MR) is 155 cm³/mol. The first-order valence-corrected chi connectivity index (χ1v) is 13.7. The number of hydrazine groups is 1. The summed E-state index contributed by atoms with van der Waals surface area (Å²) in [6.07, 6.45) is 3.91. The molecule has 45 heavy (non-hydrogen) atoms. The molecule has 2 aliphatic rings. The molecular formula is C31H24N4O10. The van der Waals surface area contributed by atoms with E-state index in [2.05, 4.69) is 0 Å². The number of hydrogen-bond donors (Lipinski definition) is 0. The second kappa shape index (κ2) is 12.3. The van der Waals surface area contributed by atoms with Crippen molar-refractivity contribution in [2.45, 2.75) is 13.3 Å². The Morgan fingerprint density at radius 1 is 0.822 bits per heavy atom. The van der Waals surface area contributed by atoms with E-state index in [9.17, 15) is 44.2 Å². The van der Waals surface area contributed by atoms with E-state index >= 15 is 0 Å². The summed E-state index contributed by atoms with van der Waals surface area (Å²) in [7, 11) is 0. The minimum absolute atomic E-state index is 0.0594. The summed E-state index contributed by atoms with van der Waals surface area (Å²) >= 11 is 0. The highest BCUT2D eigenvalue weighted by Gasteiger charge is 2.53. The number of ether oxygens (including phenoxy) is 1. The Morgan fingerprint density at radius 2 is 1.36 bits per heavy atom. The van der Waals surface area contributed by atoms with Crippen LogP contribution in [0.25, 0.3) is 0 Å². The Kier molecular flexibility index (Phi) is 8.30. The summed E-state index contributed by atoms with van der Waals surface area (Å²) in [6, 6.07) is 14.7. The molecule has 14 heteroatoms. The lowest BCUT2D eigenvalue weighted by Gasteiger charge is -2.30. The van der Waals surface area contributed by atoms with Gasteiger partial charge in [0.05, 0.1) is 27.2 Å². The molecule has 3 aromatic carbocycles. The maximum Gasteiger partial charge on any atom is 0.343 e. The number of Topliss-reactive ketones (excluding diaryl/α,β-unsaturated/α-hetero) is 1. The van der Waals surface area contributed by atoms with Gasteiger partial charge in [0.2, 0.25) is 0 Å². The van der Waals surface area contributed by atoms with Gasteiger partial charge in [-0.3, -0.25) is 39.4 Å². The van der Waals surface area contributed by atoms with Gasteiger partial charge in [0, 0.05) is 35.4 Å². The number of nitro groups is 2. The van der Waals surface area contributed by atoms with E-state index in [0.717, 1.165) is 29.3 Å². The van der Waals surface area contributed by atoms with Crippen LogP contribution >= 0.6 is 0 Å². The third kappa shape index (κ3) is 6.06. The van der Waals surface area contributed by atoms with Gasteiger partial charge >= 0.3 is 5.97 Å². The van der Waals surface area contributed by atoms with E-state index < -0.39 is 57.7 Å². The Labute approximate surface area is 254 Å². The van der Waals surface area contributed by atoms with Crippen LogP contribution in [0.4, 0.5) is 11.4 Å². The molecule has 3 amide bonds. The number of non-ortho nitro benzene ring substituents is 2. The van der Waals surface area contributed by atoms with E-state index in [4.69, 9.17) is 4.74 Å². The fraction of sp³-hybridized carbons (Fsp3) is 0.194. The van der Waals surface area contributed by atoms with Crippen LogP contribution in [0, 0.1) is 38.0 Å². The van der Waals surface area contributed by atoms with Crippen molar-refractivity contribution >= 4 is 40.8 Å². The van der Waals surface area contributed by atoms with Gasteiger partial charge in [-0.15, -0.1) is 0 Å². The molecule has 0 bridgehead atoms. The van der Waals surface area contributed by atoms with Gasteiger partial charge in [-0.25, -0.2) is 9.80 Å². The summed E-state index contributed by atoms with van der Waals surface area (Å²) in [4.78, 5) is 87.2. The first-order chi connectivity index (χ1) is 21.5. The Hall–Kier alpha value is -6.05. The smallest absolute Gasteiger partial charge is 0.343 e. The lowest BCUT2D eigenvalue weighted by molar-refractivity contribution is -0.385. The van der Waals surface area contributed by atoms with Gasteiger partial charge < -0.3 is 4.74 Å². The van der Waals surface area contributed by atoms with Crippen LogP contribution in [0.15, 0.2) is 84.9 Å². The second-order valence-electron chi connectivity index (χ2n) is 10.5. The van der Waals surface area contributed by atoms with Crippen molar-refractivity contribution in [1.29, 1.82) is 0 Å². The maximum absolute atomic E-state index is 13.7. The Bertz CT molecular complexity index is 1750. The molecular weight excluding hydrogens is 588 g/mol. The minimum Gasteiger partial charge on any atom is -0.423 e. The highest BCUT2D eigenvalue weighted by atomic mass is 16.6. The average Bonchev–Trinajstić information content (AvgIpc) is 3.29. The molecule has 1 saturated heterocycles. The van der Waals surface area contributed by atoms with Crippen molar-refractivity contribution in [2.24, 2.45) is 17.8 Å². The molecule has 228 valence electrons. The van der Waals surface area contributed by atoms with Crippen molar-refractivity contribution in [3.8, 4) is 5.75 Å². The third-order valence-electron chi connectivity index (χ3n) is 7.64. The molecule has 1 heterocycles. The van der Waals surface area contributed by atoms with E-state index in [1.807, 2.05) is 6.08 Å². The average molecular weight is 613 g/mol. The van der Waals surface area contributed by atoms with Crippen LogP contribution in [0.3, 0.4) is 0 Å². The van der Waals surface area contributed by atoms with E-state index in [1.165, 1.54) is 48.5 Å². The molecule has 0 N–H and O–H groups in total. The van der Waals surface area contributed by atoms with Gasteiger partial charge in [-0.05, 0) is 60.9 Å². The molecule has 0 spiro atoms. The van der Waals surface area contributed by atoms with Gasteiger partial charge in [0.1, 0.15) is 12.3 Å². The number of nitrogens with zero attached hydrogens (tertiary/aromatic N) is 4. The van der Waals surface area contributed by atoms with E-state index in [-0.39, 0.29) is 39.7 Å². The number of carbonyl (C=O) groups excluding carboxylic acids is 5. The number of fused-ring (bicyclic) bond motifs is 1. The summed E-state index contributed by atoms with van der Waals surface area (Å²) < 4.78 is 5.28. The number of hydrogen-bond acceptors (Lipinski definition) is 10. The van der Waals surface area contributed by atoms with Crippen molar-refractivity contribution in [3.63, 3.8) is 0 Å². The summed E-state index contributed by atoms with van der Waals surface area (Å²) in [5.74, 6) is -5.22. The highest BCUT2D eigenvalue weighted by Crippen LogP contribution is 2.39. The van der Waals surface area contributed by atoms with Gasteiger partial charge in [0.15, 0.2) is 5.78 Å². The number of carbonyl (C=O) groups is 5. The number of esters is 1. The van der Waals surface area contributed by atoms with Crippen LogP contribution in [0.1, 0.15) is 44.4 Å². The zero-order valence-corrected chi connectivity index (χ0v) is 23.6. The normalized spacial score (nSPS) is 18.7. The molecule has 0 radical (unpaired) electrons. The van der Waals surface area contributed by atoms with Gasteiger partial charge in [-0.1, -0.05) is 19.1 Å². The molecule has 1 aliphatic carbocycles. The highest BCUT2D eigenvalue weighted by molar-refractivity contribution is 6.10. The van der Waals surface area contributed by atoms with Crippen LogP contribution in [0.5, 0.6) is 5.75 Å². The first kappa shape index (κ1) is 30.4. The predicted octanol–water partition coefficient (Wildman–Crippen LogP) is 4.16. The Balaban J connectivity index is 1.37. The van der Waals surface area contributed by atoms with Crippen molar-refractivity contribution < 1.29 is 38.6 Å². The largest absolute Gasteiger partial charge is 0.423 e. The SMILES string of the molecule is C[C@@H]1C=CC[C@H]2C(=O)N(N(CC(=O)c3ccc(OC(=O)c4ccc([N+](=O)[O-])cc4)cc3)C(=O)c3ccc([N+](=O)[O-])cc3)C(=O)[C@H]12. The van der Waals surface area contributed by atoms with E-state index in [1.54, 1.807) is 13.0 Å². The number of nitro benzene ring substituents is 2. The molecule has 5 rings (SSSR count). The monoisotopic (exact) mass is 612 g/mol. The fourth-order valence-electron chi connectivity index (χ4n) is 5.30. The van der Waals surface area contributed by atoms with Gasteiger partial charge in [0.25, 0.3) is 29.1 Å². The Morgan fingerprint density at radius 3 is 1.89 bits per heavy atom. The molecule has 0 aromatic heterocycles. The molecule has 3 atom stereocenters. The van der Waals surface area contributed by atoms with E-state index in [0.29, 0.717) is 11.4 Å². The third-order valence-corrected chi connectivity index (χ3v) is 7.64. The summed E-state index contributed by atoms with van der Waals surface area (Å²) in [6.45, 7) is 1.07. The number of benzene rings is 3. The maximum atomic E-state index is 13.7. The molecule has 1 aliphatic heterocycles. The summed E-state index contributed by atoms with van der Waals surface area (Å²) in [5.41, 5.74) is -0.423. The molecule has 0 unspecified atom stereocenters. The summed E-state index contributed by atoms with van der Waals surface area (Å²) in [5, 5.41) is 23.4.